The molecule has 3 aromatic carbocycles. The molecular weight excluding hydrogens is 397 g/mol. The second kappa shape index (κ2) is 6.92. The SMILES string of the molecule is O=C1c2ccccc2-c2onc3c(N4CCOCC4)cc(Nc4ccc(F)cc4)c1c23. The molecule has 1 saturated heterocycles. The number of hydrogen-bond donors (Lipinski definition) is 1. The minimum absolute atomic E-state index is 0.0885. The highest BCUT2D eigenvalue weighted by Crippen LogP contribution is 2.46. The molecule has 0 amide bonds. The Labute approximate surface area is 177 Å². The van der Waals surface area contributed by atoms with Crippen LogP contribution in [0.3, 0.4) is 0 Å². The Morgan fingerprint density at radius 2 is 1.74 bits per heavy atom. The lowest BCUT2D eigenvalue weighted by Crippen LogP contribution is -2.36. The molecule has 6 nitrogen and oxygen atoms in total. The number of carbonyl (C=O) groups excluding carboxylic acids is 1. The van der Waals surface area contributed by atoms with E-state index in [2.05, 4.69) is 15.4 Å². The van der Waals surface area contributed by atoms with E-state index in [0.29, 0.717) is 52.4 Å². The fourth-order valence-corrected chi connectivity index (χ4v) is 4.37. The maximum atomic E-state index is 13.5. The van der Waals surface area contributed by atoms with Crippen LogP contribution in [0, 0.1) is 5.82 Å². The quantitative estimate of drug-likeness (QED) is 0.458. The third-order valence-electron chi connectivity index (χ3n) is 5.85. The van der Waals surface area contributed by atoms with Gasteiger partial charge in [-0.15, -0.1) is 0 Å². The van der Waals surface area contributed by atoms with E-state index in [1.54, 1.807) is 18.2 Å². The van der Waals surface area contributed by atoms with E-state index in [9.17, 15) is 9.18 Å². The molecule has 1 aromatic heterocycles. The van der Waals surface area contributed by atoms with Crippen molar-refractivity contribution in [1.29, 1.82) is 0 Å². The lowest BCUT2D eigenvalue weighted by molar-refractivity contribution is 0.104. The predicted molar refractivity (Wildman–Crippen MR) is 116 cm³/mol. The zero-order chi connectivity index (χ0) is 20.9. The third-order valence-corrected chi connectivity index (χ3v) is 5.85. The first-order chi connectivity index (χ1) is 15.2. The van der Waals surface area contributed by atoms with Crippen molar-refractivity contribution < 1.29 is 18.4 Å². The lowest BCUT2D eigenvalue weighted by atomic mass is 9.86. The largest absolute Gasteiger partial charge is 0.378 e. The van der Waals surface area contributed by atoms with Gasteiger partial charge in [0.05, 0.1) is 35.5 Å². The number of aromatic nitrogens is 1. The van der Waals surface area contributed by atoms with Gasteiger partial charge in [0.1, 0.15) is 11.3 Å². The first-order valence-corrected chi connectivity index (χ1v) is 10.2. The molecular formula is C24H18FN3O3. The van der Waals surface area contributed by atoms with Crippen LogP contribution in [0.5, 0.6) is 0 Å². The molecule has 0 saturated carbocycles. The number of fused-ring (bicyclic) bond motifs is 2. The fraction of sp³-hybridized carbons (Fsp3) is 0.167. The second-order valence-corrected chi connectivity index (χ2v) is 7.66. The molecule has 7 heteroatoms. The van der Waals surface area contributed by atoms with Crippen LogP contribution in [0.25, 0.3) is 22.2 Å². The molecule has 1 aliphatic carbocycles. The monoisotopic (exact) mass is 415 g/mol. The van der Waals surface area contributed by atoms with E-state index in [0.717, 1.165) is 24.3 Å². The number of rotatable bonds is 3. The molecule has 1 fully saturated rings. The van der Waals surface area contributed by atoms with Crippen molar-refractivity contribution in [1.82, 2.24) is 5.16 Å². The molecule has 154 valence electrons. The Morgan fingerprint density at radius 3 is 2.52 bits per heavy atom. The molecule has 0 unspecified atom stereocenters. The number of ketones is 1. The molecule has 2 aliphatic rings. The molecule has 6 rings (SSSR count). The summed E-state index contributed by atoms with van der Waals surface area (Å²) >= 11 is 0. The highest BCUT2D eigenvalue weighted by Gasteiger charge is 2.33. The number of morpholine rings is 1. The van der Waals surface area contributed by atoms with Gasteiger partial charge >= 0.3 is 0 Å². The zero-order valence-corrected chi connectivity index (χ0v) is 16.5. The van der Waals surface area contributed by atoms with Gasteiger partial charge in [-0.25, -0.2) is 4.39 Å². The lowest BCUT2D eigenvalue weighted by Gasteiger charge is -2.30. The summed E-state index contributed by atoms with van der Waals surface area (Å²) in [6.07, 6.45) is 0. The zero-order valence-electron chi connectivity index (χ0n) is 16.5. The first kappa shape index (κ1) is 18.1. The van der Waals surface area contributed by atoms with Crippen molar-refractivity contribution in [3.8, 4) is 11.3 Å². The van der Waals surface area contributed by atoms with E-state index in [-0.39, 0.29) is 11.6 Å². The van der Waals surface area contributed by atoms with Gasteiger partial charge in [0.15, 0.2) is 11.5 Å². The average molecular weight is 415 g/mol. The van der Waals surface area contributed by atoms with Gasteiger partial charge in [0.2, 0.25) is 0 Å². The van der Waals surface area contributed by atoms with Gasteiger partial charge in [-0.05, 0) is 30.3 Å². The molecule has 31 heavy (non-hydrogen) atoms. The summed E-state index contributed by atoms with van der Waals surface area (Å²) in [5.41, 5.74) is 4.72. The van der Waals surface area contributed by atoms with Gasteiger partial charge in [0.25, 0.3) is 0 Å². The van der Waals surface area contributed by atoms with Crippen LogP contribution in [0.1, 0.15) is 15.9 Å². The molecule has 0 bridgehead atoms. The van der Waals surface area contributed by atoms with E-state index in [1.807, 2.05) is 24.3 Å². The van der Waals surface area contributed by atoms with E-state index >= 15 is 0 Å². The van der Waals surface area contributed by atoms with Gasteiger partial charge < -0.3 is 19.5 Å². The first-order valence-electron chi connectivity index (χ1n) is 10.2. The van der Waals surface area contributed by atoms with Crippen LogP contribution >= 0.6 is 0 Å². The molecule has 0 radical (unpaired) electrons. The molecule has 1 aliphatic heterocycles. The van der Waals surface area contributed by atoms with Crippen molar-refractivity contribution in [2.45, 2.75) is 0 Å². The maximum Gasteiger partial charge on any atom is 0.196 e. The Balaban J connectivity index is 1.61. The minimum Gasteiger partial charge on any atom is -0.378 e. The maximum absolute atomic E-state index is 13.5. The number of ether oxygens (including phenoxy) is 1. The van der Waals surface area contributed by atoms with Crippen LogP contribution in [0.2, 0.25) is 0 Å². The minimum atomic E-state index is -0.317. The summed E-state index contributed by atoms with van der Waals surface area (Å²) in [6, 6.07) is 15.4. The number of carbonyl (C=O) groups is 1. The van der Waals surface area contributed by atoms with Crippen molar-refractivity contribution in [2.24, 2.45) is 0 Å². The Morgan fingerprint density at radius 1 is 1.00 bits per heavy atom. The Hall–Kier alpha value is -3.71. The Bertz CT molecular complexity index is 1320. The van der Waals surface area contributed by atoms with Crippen molar-refractivity contribution in [3.05, 3.63) is 71.5 Å². The summed E-state index contributed by atoms with van der Waals surface area (Å²) in [5, 5.41) is 8.40. The highest BCUT2D eigenvalue weighted by atomic mass is 19.1. The normalized spacial score (nSPS) is 15.3. The van der Waals surface area contributed by atoms with Gasteiger partial charge in [0, 0.05) is 29.9 Å². The average Bonchev–Trinajstić information content (AvgIpc) is 3.25. The number of halogens is 1. The summed E-state index contributed by atoms with van der Waals surface area (Å²) in [5.74, 6) is 0.189. The van der Waals surface area contributed by atoms with Crippen LogP contribution in [-0.4, -0.2) is 37.2 Å². The van der Waals surface area contributed by atoms with Crippen LogP contribution < -0.4 is 10.2 Å². The van der Waals surface area contributed by atoms with Gasteiger partial charge in [-0.2, -0.15) is 0 Å². The number of nitrogens with one attached hydrogen (secondary N) is 1. The van der Waals surface area contributed by atoms with Crippen LogP contribution in [-0.2, 0) is 4.74 Å². The van der Waals surface area contributed by atoms with Crippen molar-refractivity contribution >= 4 is 33.7 Å². The van der Waals surface area contributed by atoms with Crippen LogP contribution in [0.4, 0.5) is 21.5 Å². The molecule has 0 atom stereocenters. The smallest absolute Gasteiger partial charge is 0.196 e. The van der Waals surface area contributed by atoms with E-state index in [1.165, 1.54) is 12.1 Å². The number of nitrogens with zero attached hydrogens (tertiary/aromatic N) is 2. The van der Waals surface area contributed by atoms with Crippen molar-refractivity contribution in [2.75, 3.05) is 36.5 Å². The Kier molecular flexibility index (Phi) is 4.04. The molecule has 2 heterocycles. The highest BCUT2D eigenvalue weighted by molar-refractivity contribution is 6.28. The summed E-state index contributed by atoms with van der Waals surface area (Å²) in [4.78, 5) is 15.7. The molecule has 0 spiro atoms. The second-order valence-electron chi connectivity index (χ2n) is 7.66. The summed E-state index contributed by atoms with van der Waals surface area (Å²) < 4.78 is 24.7. The number of hydrogen-bond acceptors (Lipinski definition) is 6. The molecule has 1 N–H and O–H groups in total. The predicted octanol–water partition coefficient (Wildman–Crippen LogP) is 4.76. The van der Waals surface area contributed by atoms with Gasteiger partial charge in [-0.1, -0.05) is 29.4 Å². The fourth-order valence-electron chi connectivity index (χ4n) is 4.37. The van der Waals surface area contributed by atoms with Crippen molar-refractivity contribution in [3.63, 3.8) is 0 Å². The summed E-state index contributed by atoms with van der Waals surface area (Å²) in [6.45, 7) is 2.68. The summed E-state index contributed by atoms with van der Waals surface area (Å²) in [7, 11) is 0. The van der Waals surface area contributed by atoms with Crippen LogP contribution in [0.15, 0.2) is 59.1 Å². The van der Waals surface area contributed by atoms with E-state index in [4.69, 9.17) is 9.26 Å². The standard InChI is InChI=1S/C24H18FN3O3/c25-14-5-7-15(8-6-14)26-18-13-19(28-9-11-30-12-10-28)22-21-20(18)23(29)16-3-1-2-4-17(16)24(21)31-27-22/h1-8,13,26H,9-12H2. The molecule has 4 aromatic rings. The third kappa shape index (κ3) is 2.81. The van der Waals surface area contributed by atoms with E-state index < -0.39 is 0 Å². The van der Waals surface area contributed by atoms with Gasteiger partial charge in [-0.3, -0.25) is 4.79 Å². The number of anilines is 3. The topological polar surface area (TPSA) is 67.6 Å². The number of benzene rings is 3.